The van der Waals surface area contributed by atoms with Crippen LogP contribution in [0.5, 0.6) is 5.75 Å². The van der Waals surface area contributed by atoms with Crippen LogP contribution in [0.2, 0.25) is 0 Å². The summed E-state index contributed by atoms with van der Waals surface area (Å²) in [6.45, 7) is 0. The Morgan fingerprint density at radius 3 is 2.73 bits per heavy atom. The smallest absolute Gasteiger partial charge is 0.259 e. The Labute approximate surface area is 129 Å². The van der Waals surface area contributed by atoms with Crippen molar-refractivity contribution in [1.29, 1.82) is 0 Å². The average molecular weight is 297 g/mol. The molecule has 3 N–H and O–H groups in total. The van der Waals surface area contributed by atoms with E-state index in [4.69, 9.17) is 10.5 Å². The summed E-state index contributed by atoms with van der Waals surface area (Å²) in [7, 11) is 0. The van der Waals surface area contributed by atoms with Crippen LogP contribution in [0.3, 0.4) is 0 Å². The molecule has 5 heteroatoms. The lowest BCUT2D eigenvalue weighted by Gasteiger charge is -2.16. The van der Waals surface area contributed by atoms with E-state index in [1.807, 2.05) is 18.2 Å². The predicted molar refractivity (Wildman–Crippen MR) is 85.9 cm³/mol. The lowest BCUT2D eigenvalue weighted by atomic mass is 10.1. The third-order valence-corrected chi connectivity index (χ3v) is 3.81. The second-order valence-corrected chi connectivity index (χ2v) is 5.41. The Kier molecular flexibility index (Phi) is 4.23. The molecule has 0 spiro atoms. The summed E-state index contributed by atoms with van der Waals surface area (Å²) in [4.78, 5) is 16.4. The predicted octanol–water partition coefficient (Wildman–Crippen LogP) is 3.24. The number of nitrogen functional groups attached to an aromatic ring is 1. The van der Waals surface area contributed by atoms with Gasteiger partial charge in [0.2, 0.25) is 0 Å². The number of rotatable bonds is 4. The van der Waals surface area contributed by atoms with Crippen LogP contribution >= 0.6 is 0 Å². The van der Waals surface area contributed by atoms with Crippen molar-refractivity contribution in [2.45, 2.75) is 31.8 Å². The number of benzene rings is 1. The van der Waals surface area contributed by atoms with Crippen LogP contribution < -0.4 is 15.8 Å². The Morgan fingerprint density at radius 1 is 1.18 bits per heavy atom. The van der Waals surface area contributed by atoms with E-state index in [9.17, 15) is 4.79 Å². The van der Waals surface area contributed by atoms with Crippen LogP contribution in [-0.2, 0) is 0 Å². The molecule has 1 aromatic carbocycles. The van der Waals surface area contributed by atoms with Gasteiger partial charge < -0.3 is 15.8 Å². The maximum atomic E-state index is 12.5. The van der Waals surface area contributed by atoms with E-state index < -0.39 is 0 Å². The molecule has 0 saturated heterocycles. The molecule has 1 aromatic heterocycles. The first-order valence-corrected chi connectivity index (χ1v) is 7.51. The zero-order chi connectivity index (χ0) is 15.4. The van der Waals surface area contributed by atoms with Crippen molar-refractivity contribution in [3.05, 3.63) is 48.2 Å². The first-order chi connectivity index (χ1) is 10.7. The van der Waals surface area contributed by atoms with Gasteiger partial charge in [-0.05, 0) is 49.9 Å². The molecule has 0 bridgehead atoms. The van der Waals surface area contributed by atoms with Crippen molar-refractivity contribution in [3.8, 4) is 5.75 Å². The van der Waals surface area contributed by atoms with Gasteiger partial charge in [0.05, 0.1) is 17.4 Å². The summed E-state index contributed by atoms with van der Waals surface area (Å²) < 4.78 is 5.99. The summed E-state index contributed by atoms with van der Waals surface area (Å²) >= 11 is 0. The Balaban J connectivity index is 1.78. The molecule has 1 amide bonds. The van der Waals surface area contributed by atoms with Gasteiger partial charge >= 0.3 is 0 Å². The van der Waals surface area contributed by atoms with E-state index >= 15 is 0 Å². The molecule has 1 aliphatic carbocycles. The van der Waals surface area contributed by atoms with Gasteiger partial charge in [-0.3, -0.25) is 4.79 Å². The van der Waals surface area contributed by atoms with E-state index in [-0.39, 0.29) is 12.0 Å². The normalized spacial score (nSPS) is 14.7. The van der Waals surface area contributed by atoms with Gasteiger partial charge in [0.1, 0.15) is 11.6 Å². The van der Waals surface area contributed by atoms with E-state index in [2.05, 4.69) is 10.3 Å². The number of pyridine rings is 1. The highest BCUT2D eigenvalue weighted by Gasteiger charge is 2.20. The van der Waals surface area contributed by atoms with Gasteiger partial charge in [-0.25, -0.2) is 4.98 Å². The van der Waals surface area contributed by atoms with Gasteiger partial charge in [0.25, 0.3) is 5.91 Å². The van der Waals surface area contributed by atoms with Crippen LogP contribution in [0.15, 0.2) is 42.6 Å². The average Bonchev–Trinajstić information content (AvgIpc) is 3.03. The van der Waals surface area contributed by atoms with Crippen molar-refractivity contribution in [2.75, 3.05) is 11.1 Å². The summed E-state index contributed by atoms with van der Waals surface area (Å²) in [6.07, 6.45) is 6.26. The molecule has 1 saturated carbocycles. The van der Waals surface area contributed by atoms with Gasteiger partial charge in [-0.1, -0.05) is 12.1 Å². The van der Waals surface area contributed by atoms with E-state index in [1.165, 1.54) is 12.8 Å². The standard InChI is InChI=1S/C17H19N3O2/c18-16-14(9-5-11-19-16)20-17(21)13-8-3-4-10-15(13)22-12-6-1-2-7-12/h3-5,8-12H,1-2,6-7H2,(H2,18,19)(H,20,21). The molecule has 1 fully saturated rings. The Bertz CT molecular complexity index is 666. The number of ether oxygens (including phenoxy) is 1. The second-order valence-electron chi connectivity index (χ2n) is 5.41. The molecule has 1 heterocycles. The highest BCUT2D eigenvalue weighted by molar-refractivity contribution is 6.07. The molecular formula is C17H19N3O2. The lowest BCUT2D eigenvalue weighted by Crippen LogP contribution is -2.18. The number of nitrogens with zero attached hydrogens (tertiary/aromatic N) is 1. The van der Waals surface area contributed by atoms with E-state index in [0.29, 0.717) is 22.8 Å². The summed E-state index contributed by atoms with van der Waals surface area (Å²) in [6, 6.07) is 10.7. The molecule has 114 valence electrons. The highest BCUT2D eigenvalue weighted by Crippen LogP contribution is 2.27. The van der Waals surface area contributed by atoms with Crippen LogP contribution in [0, 0.1) is 0 Å². The van der Waals surface area contributed by atoms with E-state index in [1.54, 1.807) is 24.4 Å². The number of carbonyl (C=O) groups is 1. The topological polar surface area (TPSA) is 77.2 Å². The first-order valence-electron chi connectivity index (χ1n) is 7.51. The van der Waals surface area contributed by atoms with Crippen molar-refractivity contribution in [2.24, 2.45) is 0 Å². The van der Waals surface area contributed by atoms with E-state index in [0.717, 1.165) is 12.8 Å². The van der Waals surface area contributed by atoms with Crippen LogP contribution in [0.4, 0.5) is 11.5 Å². The third-order valence-electron chi connectivity index (χ3n) is 3.81. The SMILES string of the molecule is Nc1ncccc1NC(=O)c1ccccc1OC1CCCC1. The zero-order valence-corrected chi connectivity index (χ0v) is 12.3. The minimum absolute atomic E-state index is 0.206. The third kappa shape index (κ3) is 3.19. The molecule has 0 radical (unpaired) electrons. The van der Waals surface area contributed by atoms with Gasteiger partial charge in [0.15, 0.2) is 0 Å². The van der Waals surface area contributed by atoms with Gasteiger partial charge in [-0.15, -0.1) is 0 Å². The molecule has 0 unspecified atom stereocenters. The quantitative estimate of drug-likeness (QED) is 0.908. The van der Waals surface area contributed by atoms with Crippen LogP contribution in [0.25, 0.3) is 0 Å². The second kappa shape index (κ2) is 6.47. The largest absolute Gasteiger partial charge is 0.490 e. The van der Waals surface area contributed by atoms with Crippen molar-refractivity contribution in [3.63, 3.8) is 0 Å². The van der Waals surface area contributed by atoms with Crippen molar-refractivity contribution in [1.82, 2.24) is 4.98 Å². The number of amides is 1. The summed E-state index contributed by atoms with van der Waals surface area (Å²) in [5.41, 5.74) is 6.77. The number of carbonyl (C=O) groups excluding carboxylic acids is 1. The number of nitrogens with two attached hydrogens (primary N) is 1. The molecule has 2 aromatic rings. The fourth-order valence-corrected chi connectivity index (χ4v) is 2.66. The minimum atomic E-state index is -0.242. The fourth-order valence-electron chi connectivity index (χ4n) is 2.66. The van der Waals surface area contributed by atoms with Crippen molar-refractivity contribution < 1.29 is 9.53 Å². The number of nitrogens with one attached hydrogen (secondary N) is 1. The molecule has 22 heavy (non-hydrogen) atoms. The monoisotopic (exact) mass is 297 g/mol. The molecule has 5 nitrogen and oxygen atoms in total. The number of hydrogen-bond acceptors (Lipinski definition) is 4. The molecule has 3 rings (SSSR count). The number of para-hydroxylation sites is 1. The highest BCUT2D eigenvalue weighted by atomic mass is 16.5. The van der Waals surface area contributed by atoms with Crippen LogP contribution in [0.1, 0.15) is 36.0 Å². The minimum Gasteiger partial charge on any atom is -0.490 e. The zero-order valence-electron chi connectivity index (χ0n) is 12.3. The fraction of sp³-hybridized carbons (Fsp3) is 0.294. The maximum absolute atomic E-state index is 12.5. The maximum Gasteiger partial charge on any atom is 0.259 e. The van der Waals surface area contributed by atoms with Crippen LogP contribution in [-0.4, -0.2) is 17.0 Å². The molecule has 1 aliphatic rings. The summed E-state index contributed by atoms with van der Waals surface area (Å²) in [5, 5.41) is 2.79. The number of anilines is 2. The number of hydrogen-bond donors (Lipinski definition) is 2. The summed E-state index contributed by atoms with van der Waals surface area (Å²) in [5.74, 6) is 0.674. The molecular weight excluding hydrogens is 278 g/mol. The van der Waals surface area contributed by atoms with Gasteiger partial charge in [-0.2, -0.15) is 0 Å². The van der Waals surface area contributed by atoms with Gasteiger partial charge in [0, 0.05) is 6.20 Å². The van der Waals surface area contributed by atoms with Crippen molar-refractivity contribution >= 4 is 17.4 Å². The Hall–Kier alpha value is -2.56. The Morgan fingerprint density at radius 2 is 1.95 bits per heavy atom. The molecule has 0 atom stereocenters. The first kappa shape index (κ1) is 14.4. The lowest BCUT2D eigenvalue weighted by molar-refractivity contribution is 0.101. The molecule has 0 aliphatic heterocycles. The number of aromatic nitrogens is 1.